The van der Waals surface area contributed by atoms with Gasteiger partial charge in [0.2, 0.25) is 0 Å². The molecule has 0 fully saturated rings. The molecule has 0 spiro atoms. The number of methoxy groups -OCH3 is 2. The zero-order valence-electron chi connectivity index (χ0n) is 14.3. The highest BCUT2D eigenvalue weighted by atomic mass is 28.3. The van der Waals surface area contributed by atoms with E-state index in [0.29, 0.717) is 0 Å². The minimum atomic E-state index is -1.91. The van der Waals surface area contributed by atoms with Gasteiger partial charge in [-0.2, -0.15) is 0 Å². The van der Waals surface area contributed by atoms with Gasteiger partial charge in [0.05, 0.1) is 14.2 Å². The van der Waals surface area contributed by atoms with Crippen LogP contribution in [0.2, 0.25) is 13.1 Å². The summed E-state index contributed by atoms with van der Waals surface area (Å²) < 4.78 is 10.7. The third-order valence-corrected chi connectivity index (χ3v) is 7.91. The molecule has 23 heavy (non-hydrogen) atoms. The van der Waals surface area contributed by atoms with Crippen LogP contribution in [0.5, 0.6) is 11.5 Å². The van der Waals surface area contributed by atoms with Gasteiger partial charge in [-0.05, 0) is 45.8 Å². The Kier molecular flexibility index (Phi) is 5.11. The summed E-state index contributed by atoms with van der Waals surface area (Å²) in [6, 6.07) is 12.5. The zero-order valence-corrected chi connectivity index (χ0v) is 15.3. The minimum Gasteiger partial charge on any atom is -0.497 e. The van der Waals surface area contributed by atoms with Gasteiger partial charge in [-0.3, -0.25) is 0 Å². The predicted octanol–water partition coefficient (Wildman–Crippen LogP) is 3.81. The number of benzene rings is 2. The quantitative estimate of drug-likeness (QED) is 0.752. The average molecular weight is 324 g/mol. The van der Waals surface area contributed by atoms with Gasteiger partial charge in [0.15, 0.2) is 0 Å². The molecule has 2 nitrogen and oxygen atoms in total. The molecule has 0 aliphatic rings. The van der Waals surface area contributed by atoms with E-state index in [9.17, 15) is 0 Å². The molecule has 2 aromatic rings. The fraction of sp³-hybridized carbons (Fsp3) is 0.200. The molecule has 3 heteroatoms. The van der Waals surface area contributed by atoms with Crippen LogP contribution in [0.25, 0.3) is 12.2 Å². The lowest BCUT2D eigenvalue weighted by molar-refractivity contribution is 0.415. The monoisotopic (exact) mass is 324 g/mol. The second-order valence-electron chi connectivity index (χ2n) is 5.94. The number of hydrogen-bond donors (Lipinski definition) is 0. The maximum atomic E-state index is 5.34. The van der Waals surface area contributed by atoms with Crippen molar-refractivity contribution in [2.24, 2.45) is 0 Å². The highest BCUT2D eigenvalue weighted by molar-refractivity contribution is 7.01. The Morgan fingerprint density at radius 3 is 1.48 bits per heavy atom. The van der Waals surface area contributed by atoms with Crippen LogP contribution in [-0.2, 0) is 0 Å². The van der Waals surface area contributed by atoms with E-state index in [1.54, 1.807) is 14.2 Å². The Balaban J connectivity index is 2.62. The molecule has 0 aliphatic carbocycles. The van der Waals surface area contributed by atoms with E-state index in [2.05, 4.69) is 38.4 Å². The molecule has 2 rings (SSSR count). The van der Waals surface area contributed by atoms with Gasteiger partial charge in [-0.1, -0.05) is 50.5 Å². The van der Waals surface area contributed by atoms with Crippen molar-refractivity contribution < 1.29 is 9.47 Å². The number of ether oxygens (including phenoxy) is 2. The Labute approximate surface area is 140 Å². The zero-order chi connectivity index (χ0) is 17.0. The fourth-order valence-electron chi connectivity index (χ4n) is 2.96. The summed E-state index contributed by atoms with van der Waals surface area (Å²) in [4.78, 5) is 0. The normalized spacial score (nSPS) is 11.0. The van der Waals surface area contributed by atoms with Crippen molar-refractivity contribution in [2.75, 3.05) is 14.2 Å². The molecule has 0 heterocycles. The van der Waals surface area contributed by atoms with E-state index >= 15 is 0 Å². The Morgan fingerprint density at radius 1 is 0.783 bits per heavy atom. The van der Waals surface area contributed by atoms with E-state index in [1.807, 2.05) is 36.4 Å². The third-order valence-electron chi connectivity index (χ3n) is 4.30. The van der Waals surface area contributed by atoms with Crippen molar-refractivity contribution in [1.82, 2.24) is 0 Å². The first kappa shape index (κ1) is 17.1. The van der Waals surface area contributed by atoms with E-state index in [0.717, 1.165) is 22.6 Å². The van der Waals surface area contributed by atoms with Gasteiger partial charge in [0.1, 0.15) is 19.6 Å². The van der Waals surface area contributed by atoms with Gasteiger partial charge in [0, 0.05) is 0 Å². The van der Waals surface area contributed by atoms with Crippen LogP contribution in [0.3, 0.4) is 0 Å². The molecule has 2 aromatic carbocycles. The first-order valence-electron chi connectivity index (χ1n) is 7.59. The maximum Gasteiger partial charge on any atom is 0.119 e. The number of rotatable bonds is 6. The predicted molar refractivity (Wildman–Crippen MR) is 103 cm³/mol. The molecule has 0 N–H and O–H groups in total. The fourth-order valence-corrected chi connectivity index (χ4v) is 6.04. The molecule has 0 amide bonds. The van der Waals surface area contributed by atoms with Crippen molar-refractivity contribution >= 4 is 30.6 Å². The standard InChI is InChI=1S/C20H24O2Si/c1-7-15-13-17(21-3)9-11-19(15)23(5,6)20-12-10-18(22-4)14-16(20)8-2/h7-14H,1-2H2,3-6H3. The van der Waals surface area contributed by atoms with Gasteiger partial charge < -0.3 is 9.47 Å². The summed E-state index contributed by atoms with van der Waals surface area (Å²) in [6.07, 6.45) is 3.81. The molecule has 120 valence electrons. The lowest BCUT2D eigenvalue weighted by Crippen LogP contribution is -2.54. The van der Waals surface area contributed by atoms with Crippen LogP contribution in [0.1, 0.15) is 11.1 Å². The topological polar surface area (TPSA) is 18.5 Å². The largest absolute Gasteiger partial charge is 0.497 e. The smallest absolute Gasteiger partial charge is 0.119 e. The SMILES string of the molecule is C=Cc1cc(OC)ccc1[Si](C)(C)c1ccc(OC)cc1C=C. The van der Waals surface area contributed by atoms with Crippen molar-refractivity contribution in [3.63, 3.8) is 0 Å². The lowest BCUT2D eigenvalue weighted by Gasteiger charge is -2.28. The summed E-state index contributed by atoms with van der Waals surface area (Å²) in [6.45, 7) is 12.6. The highest BCUT2D eigenvalue weighted by Gasteiger charge is 2.30. The summed E-state index contributed by atoms with van der Waals surface area (Å²) in [5.41, 5.74) is 2.26. The highest BCUT2D eigenvalue weighted by Crippen LogP contribution is 2.20. The molecule has 0 unspecified atom stereocenters. The van der Waals surface area contributed by atoms with Crippen molar-refractivity contribution in [2.45, 2.75) is 13.1 Å². The summed E-state index contributed by atoms with van der Waals surface area (Å²) >= 11 is 0. The van der Waals surface area contributed by atoms with Gasteiger partial charge in [0.25, 0.3) is 0 Å². The van der Waals surface area contributed by atoms with E-state index in [1.165, 1.54) is 10.4 Å². The van der Waals surface area contributed by atoms with Crippen molar-refractivity contribution in [3.05, 3.63) is 60.7 Å². The van der Waals surface area contributed by atoms with Crippen LogP contribution < -0.4 is 19.8 Å². The first-order valence-corrected chi connectivity index (χ1v) is 10.6. The molecule has 0 saturated carbocycles. The molecular formula is C20H24O2Si. The molecular weight excluding hydrogens is 300 g/mol. The van der Waals surface area contributed by atoms with Crippen LogP contribution in [-0.4, -0.2) is 22.3 Å². The molecule has 0 aliphatic heterocycles. The number of hydrogen-bond acceptors (Lipinski definition) is 2. The molecule has 0 radical (unpaired) electrons. The van der Waals surface area contributed by atoms with Crippen LogP contribution >= 0.6 is 0 Å². The third kappa shape index (κ3) is 3.25. The molecule has 0 saturated heterocycles. The maximum absolute atomic E-state index is 5.34. The average Bonchev–Trinajstić information content (AvgIpc) is 2.60. The summed E-state index contributed by atoms with van der Waals surface area (Å²) in [5, 5.41) is 2.67. The summed E-state index contributed by atoms with van der Waals surface area (Å²) in [5.74, 6) is 1.71. The Bertz CT molecular complexity index is 671. The molecule has 0 aromatic heterocycles. The first-order chi connectivity index (χ1) is 11.0. The second-order valence-corrected chi connectivity index (χ2v) is 10.3. The minimum absolute atomic E-state index is 0.854. The molecule has 0 bridgehead atoms. The lowest BCUT2D eigenvalue weighted by atomic mass is 10.2. The van der Waals surface area contributed by atoms with Crippen molar-refractivity contribution in [3.8, 4) is 11.5 Å². The van der Waals surface area contributed by atoms with Crippen LogP contribution in [0.15, 0.2) is 49.6 Å². The van der Waals surface area contributed by atoms with E-state index in [-0.39, 0.29) is 0 Å². The van der Waals surface area contributed by atoms with Gasteiger partial charge in [-0.25, -0.2) is 0 Å². The Hall–Kier alpha value is -2.26. The second kappa shape index (κ2) is 6.88. The van der Waals surface area contributed by atoms with Crippen LogP contribution in [0, 0.1) is 0 Å². The molecule has 0 atom stereocenters. The van der Waals surface area contributed by atoms with Gasteiger partial charge in [-0.15, -0.1) is 0 Å². The van der Waals surface area contributed by atoms with Crippen LogP contribution in [0.4, 0.5) is 0 Å². The van der Waals surface area contributed by atoms with Crippen molar-refractivity contribution in [1.29, 1.82) is 0 Å². The Morgan fingerprint density at radius 2 is 1.17 bits per heavy atom. The van der Waals surface area contributed by atoms with E-state index in [4.69, 9.17) is 9.47 Å². The van der Waals surface area contributed by atoms with Gasteiger partial charge >= 0.3 is 0 Å². The summed E-state index contributed by atoms with van der Waals surface area (Å²) in [7, 11) is 1.46. The van der Waals surface area contributed by atoms with E-state index < -0.39 is 8.07 Å².